The van der Waals surface area contributed by atoms with Gasteiger partial charge in [-0.05, 0) is 61.7 Å². The summed E-state index contributed by atoms with van der Waals surface area (Å²) in [6, 6.07) is 18.2. The van der Waals surface area contributed by atoms with Gasteiger partial charge in [0.15, 0.2) is 0 Å². The van der Waals surface area contributed by atoms with E-state index in [2.05, 4.69) is 51.7 Å². The van der Waals surface area contributed by atoms with Crippen molar-refractivity contribution < 1.29 is 14.3 Å². The molecule has 1 unspecified atom stereocenters. The van der Waals surface area contributed by atoms with Crippen LogP contribution in [0.2, 0.25) is 0 Å². The standard InChI is InChI=1S/C27H24N4O3/c1-16-3-2-4-17(11-16)22-14-23(31-30-22)19-12-18-13-20(5-7-24(18)33-15-19)34-25-9-10-28-27-21(25)6-8-26(32)29-27/h2-5,7,9-11,13-14,19H,6,8,12,15H2,1H3,(H,30,31)(H,28,29,32). The van der Waals surface area contributed by atoms with Crippen LogP contribution in [0.4, 0.5) is 5.82 Å². The molecule has 0 saturated heterocycles. The molecule has 6 rings (SSSR count). The average Bonchev–Trinajstić information content (AvgIpc) is 3.34. The summed E-state index contributed by atoms with van der Waals surface area (Å²) in [4.78, 5) is 16.0. The number of amides is 1. The third-order valence-corrected chi connectivity index (χ3v) is 6.39. The Hall–Kier alpha value is -4.13. The fourth-order valence-corrected chi connectivity index (χ4v) is 4.61. The zero-order valence-corrected chi connectivity index (χ0v) is 18.8. The maximum Gasteiger partial charge on any atom is 0.225 e. The minimum atomic E-state index is -0.0153. The monoisotopic (exact) mass is 452 g/mol. The van der Waals surface area contributed by atoms with E-state index in [1.54, 1.807) is 6.20 Å². The zero-order valence-electron chi connectivity index (χ0n) is 18.8. The number of aromatic nitrogens is 3. The van der Waals surface area contributed by atoms with E-state index in [1.807, 2.05) is 30.3 Å². The number of pyridine rings is 1. The Morgan fingerprint density at radius 1 is 1.09 bits per heavy atom. The van der Waals surface area contributed by atoms with E-state index in [-0.39, 0.29) is 11.8 Å². The number of carbonyl (C=O) groups excluding carboxylic acids is 1. The molecule has 4 aromatic rings. The van der Waals surface area contributed by atoms with Crippen LogP contribution >= 0.6 is 0 Å². The van der Waals surface area contributed by atoms with Crippen molar-refractivity contribution in [2.45, 2.75) is 32.1 Å². The first kappa shape index (κ1) is 20.5. The molecule has 2 aliphatic heterocycles. The molecule has 2 aromatic carbocycles. The third-order valence-electron chi connectivity index (χ3n) is 6.39. The highest BCUT2D eigenvalue weighted by Crippen LogP contribution is 2.38. The van der Waals surface area contributed by atoms with E-state index in [1.165, 1.54) is 5.56 Å². The molecule has 0 radical (unpaired) electrons. The van der Waals surface area contributed by atoms with Gasteiger partial charge >= 0.3 is 0 Å². The first-order valence-electron chi connectivity index (χ1n) is 11.5. The Morgan fingerprint density at radius 2 is 2.03 bits per heavy atom. The lowest BCUT2D eigenvalue weighted by atomic mass is 9.93. The van der Waals surface area contributed by atoms with Crippen LogP contribution in [-0.4, -0.2) is 27.7 Å². The fourth-order valence-electron chi connectivity index (χ4n) is 4.61. The van der Waals surface area contributed by atoms with Crippen molar-refractivity contribution in [3.05, 3.63) is 83.2 Å². The maximum atomic E-state index is 11.7. The van der Waals surface area contributed by atoms with Crippen LogP contribution in [0, 0.1) is 6.92 Å². The number of nitrogens with one attached hydrogen (secondary N) is 2. The van der Waals surface area contributed by atoms with Crippen molar-refractivity contribution in [2.24, 2.45) is 0 Å². The van der Waals surface area contributed by atoms with Crippen LogP contribution in [0.15, 0.2) is 60.8 Å². The predicted molar refractivity (Wildman–Crippen MR) is 128 cm³/mol. The highest BCUT2D eigenvalue weighted by atomic mass is 16.5. The number of rotatable bonds is 4. The van der Waals surface area contributed by atoms with Gasteiger partial charge in [-0.1, -0.05) is 23.8 Å². The lowest BCUT2D eigenvalue weighted by Gasteiger charge is -2.25. The number of hydrogen-bond acceptors (Lipinski definition) is 5. The highest BCUT2D eigenvalue weighted by molar-refractivity contribution is 5.93. The SMILES string of the molecule is Cc1cccc(-c2cc(C3COc4ccc(Oc5ccnc6c5CCC(=O)N6)cc4C3)[nH]n2)c1. The fraction of sp³-hybridized carbons (Fsp3) is 0.222. The highest BCUT2D eigenvalue weighted by Gasteiger charge is 2.25. The Morgan fingerprint density at radius 3 is 2.94 bits per heavy atom. The minimum absolute atomic E-state index is 0.0153. The second-order valence-electron chi connectivity index (χ2n) is 8.85. The van der Waals surface area contributed by atoms with Crippen LogP contribution in [-0.2, 0) is 17.6 Å². The molecule has 0 bridgehead atoms. The molecule has 170 valence electrons. The Bertz CT molecular complexity index is 1390. The molecule has 4 heterocycles. The molecule has 1 amide bonds. The van der Waals surface area contributed by atoms with Gasteiger partial charge in [-0.25, -0.2) is 4.98 Å². The molecular formula is C27H24N4O3. The second kappa shape index (κ2) is 8.33. The molecule has 1 atom stereocenters. The van der Waals surface area contributed by atoms with Gasteiger partial charge in [0.05, 0.1) is 12.3 Å². The number of anilines is 1. The number of fused-ring (bicyclic) bond motifs is 2. The number of aromatic amines is 1. The normalized spacial score (nSPS) is 16.7. The molecular weight excluding hydrogens is 428 g/mol. The number of carbonyl (C=O) groups is 1. The topological polar surface area (TPSA) is 89.1 Å². The van der Waals surface area contributed by atoms with Gasteiger partial charge in [0.1, 0.15) is 23.1 Å². The van der Waals surface area contributed by atoms with Crippen LogP contribution in [0.5, 0.6) is 17.2 Å². The summed E-state index contributed by atoms with van der Waals surface area (Å²) in [5.74, 6) is 3.08. The van der Waals surface area contributed by atoms with Crippen LogP contribution in [0.1, 0.15) is 34.7 Å². The maximum absolute atomic E-state index is 11.7. The number of hydrogen-bond donors (Lipinski definition) is 2. The van der Waals surface area contributed by atoms with Crippen LogP contribution in [0.3, 0.4) is 0 Å². The van der Waals surface area contributed by atoms with Crippen molar-refractivity contribution >= 4 is 11.7 Å². The van der Waals surface area contributed by atoms with Gasteiger partial charge in [-0.2, -0.15) is 5.10 Å². The molecule has 34 heavy (non-hydrogen) atoms. The van der Waals surface area contributed by atoms with Crippen LogP contribution < -0.4 is 14.8 Å². The molecule has 7 nitrogen and oxygen atoms in total. The summed E-state index contributed by atoms with van der Waals surface area (Å²) in [6.45, 7) is 2.68. The predicted octanol–water partition coefficient (Wildman–Crippen LogP) is 5.18. The van der Waals surface area contributed by atoms with Crippen molar-refractivity contribution in [1.82, 2.24) is 15.2 Å². The number of nitrogens with zero attached hydrogens (tertiary/aromatic N) is 2. The summed E-state index contributed by atoms with van der Waals surface area (Å²) in [6.07, 6.45) is 3.53. The van der Waals surface area contributed by atoms with E-state index in [9.17, 15) is 4.79 Å². The van der Waals surface area contributed by atoms with E-state index in [0.717, 1.165) is 51.7 Å². The van der Waals surface area contributed by atoms with Gasteiger partial charge in [0.2, 0.25) is 5.91 Å². The number of H-pyrrole nitrogens is 1. The number of benzene rings is 2. The number of ether oxygens (including phenoxy) is 2. The summed E-state index contributed by atoms with van der Waals surface area (Å²) in [7, 11) is 0. The molecule has 0 aliphatic carbocycles. The first-order chi connectivity index (χ1) is 16.6. The van der Waals surface area contributed by atoms with Crippen molar-refractivity contribution in [3.63, 3.8) is 0 Å². The summed E-state index contributed by atoms with van der Waals surface area (Å²) < 4.78 is 12.3. The quantitative estimate of drug-likeness (QED) is 0.446. The van der Waals surface area contributed by atoms with Crippen molar-refractivity contribution in [1.29, 1.82) is 0 Å². The molecule has 2 aliphatic rings. The molecule has 2 N–H and O–H groups in total. The summed E-state index contributed by atoms with van der Waals surface area (Å²) in [5.41, 5.74) is 6.34. The second-order valence-corrected chi connectivity index (χ2v) is 8.85. The summed E-state index contributed by atoms with van der Waals surface area (Å²) in [5, 5.41) is 10.6. The Kier molecular flexibility index (Phi) is 5.02. The smallest absolute Gasteiger partial charge is 0.225 e. The van der Waals surface area contributed by atoms with E-state index >= 15 is 0 Å². The van der Waals surface area contributed by atoms with Crippen molar-refractivity contribution in [3.8, 4) is 28.5 Å². The van der Waals surface area contributed by atoms with Gasteiger partial charge in [0.25, 0.3) is 0 Å². The van der Waals surface area contributed by atoms with Gasteiger partial charge in [-0.3, -0.25) is 9.89 Å². The van der Waals surface area contributed by atoms with Gasteiger partial charge in [-0.15, -0.1) is 0 Å². The van der Waals surface area contributed by atoms with E-state index in [0.29, 0.717) is 25.3 Å². The van der Waals surface area contributed by atoms with Gasteiger partial charge in [0, 0.05) is 35.4 Å². The Labute approximate surface area is 197 Å². The van der Waals surface area contributed by atoms with Crippen LogP contribution in [0.25, 0.3) is 11.3 Å². The Balaban J connectivity index is 1.22. The molecule has 2 aromatic heterocycles. The van der Waals surface area contributed by atoms with E-state index < -0.39 is 0 Å². The van der Waals surface area contributed by atoms with Gasteiger partial charge < -0.3 is 14.8 Å². The van der Waals surface area contributed by atoms with E-state index in [4.69, 9.17) is 9.47 Å². The number of aryl methyl sites for hydroxylation is 1. The molecule has 0 spiro atoms. The largest absolute Gasteiger partial charge is 0.493 e. The lowest BCUT2D eigenvalue weighted by Crippen LogP contribution is -2.20. The lowest BCUT2D eigenvalue weighted by molar-refractivity contribution is -0.116. The van der Waals surface area contributed by atoms with Crippen molar-refractivity contribution in [2.75, 3.05) is 11.9 Å². The first-order valence-corrected chi connectivity index (χ1v) is 11.5. The third kappa shape index (κ3) is 3.90. The minimum Gasteiger partial charge on any atom is -0.493 e. The molecule has 7 heteroatoms. The zero-order chi connectivity index (χ0) is 23.1. The molecule has 0 saturated carbocycles. The summed E-state index contributed by atoms with van der Waals surface area (Å²) >= 11 is 0. The molecule has 0 fully saturated rings. The average molecular weight is 453 g/mol.